The summed E-state index contributed by atoms with van der Waals surface area (Å²) >= 11 is 0. The lowest BCUT2D eigenvalue weighted by molar-refractivity contribution is -0.146. The SMILES string of the molecule is C=Cc1cc(NC(=O)C(Cc2ccc(C(F)(F)F)cc2)NC(=O)C([B]C#N)C(=O)OCC)cnc1C=C. The number of hydrogen-bond acceptors (Lipinski definition) is 6. The Kier molecular flexibility index (Phi) is 10.2. The molecule has 0 aliphatic rings. The Morgan fingerprint density at radius 2 is 1.86 bits per heavy atom. The minimum Gasteiger partial charge on any atom is -0.466 e. The van der Waals surface area contributed by atoms with E-state index in [2.05, 4.69) is 28.8 Å². The molecular formula is C25H23BF3N4O4. The molecule has 0 aliphatic heterocycles. The highest BCUT2D eigenvalue weighted by atomic mass is 19.4. The molecule has 8 nitrogen and oxygen atoms in total. The van der Waals surface area contributed by atoms with Gasteiger partial charge in [0, 0.05) is 12.0 Å². The number of carbonyl (C=O) groups is 3. The second kappa shape index (κ2) is 13.1. The largest absolute Gasteiger partial charge is 0.466 e. The van der Waals surface area contributed by atoms with Crippen molar-refractivity contribution < 1.29 is 32.3 Å². The van der Waals surface area contributed by atoms with Crippen molar-refractivity contribution in [2.45, 2.75) is 31.4 Å². The molecule has 0 fully saturated rings. The molecule has 0 saturated heterocycles. The molecule has 0 aliphatic carbocycles. The molecular weight excluding hydrogens is 488 g/mol. The van der Waals surface area contributed by atoms with E-state index < -0.39 is 41.4 Å². The number of benzene rings is 1. The number of amides is 2. The normalized spacial score (nSPS) is 12.3. The van der Waals surface area contributed by atoms with Crippen LogP contribution >= 0.6 is 0 Å². The van der Waals surface area contributed by atoms with Crippen LogP contribution in [0.25, 0.3) is 12.2 Å². The van der Waals surface area contributed by atoms with E-state index in [0.29, 0.717) is 16.8 Å². The molecule has 37 heavy (non-hydrogen) atoms. The topological polar surface area (TPSA) is 121 Å². The zero-order valence-electron chi connectivity index (χ0n) is 19.8. The van der Waals surface area contributed by atoms with Gasteiger partial charge in [-0.2, -0.15) is 13.2 Å². The third-order valence-corrected chi connectivity index (χ3v) is 5.05. The third-order valence-electron chi connectivity index (χ3n) is 5.05. The van der Waals surface area contributed by atoms with E-state index in [1.54, 1.807) is 12.0 Å². The van der Waals surface area contributed by atoms with Crippen molar-refractivity contribution in [1.29, 1.82) is 5.26 Å². The molecule has 1 aromatic heterocycles. The molecule has 0 saturated carbocycles. The minimum absolute atomic E-state index is 0.0449. The Labute approximate surface area is 212 Å². The van der Waals surface area contributed by atoms with Gasteiger partial charge in [-0.25, -0.2) is 5.26 Å². The number of halogens is 3. The first-order valence-corrected chi connectivity index (χ1v) is 11.0. The number of pyridine rings is 1. The molecule has 1 aromatic carbocycles. The average molecular weight is 511 g/mol. The first kappa shape index (κ1) is 28.8. The van der Waals surface area contributed by atoms with Gasteiger partial charge in [-0.15, -0.1) is 0 Å². The lowest BCUT2D eigenvalue weighted by atomic mass is 9.65. The maximum absolute atomic E-state index is 13.1. The molecule has 2 rings (SSSR count). The van der Waals surface area contributed by atoms with E-state index in [4.69, 9.17) is 10.00 Å². The number of nitriles is 1. The number of hydrogen-bond donors (Lipinski definition) is 2. The average Bonchev–Trinajstić information content (AvgIpc) is 2.86. The summed E-state index contributed by atoms with van der Waals surface area (Å²) in [6, 6.07) is 4.29. The van der Waals surface area contributed by atoms with Gasteiger partial charge in [-0.3, -0.25) is 19.4 Å². The molecule has 191 valence electrons. The van der Waals surface area contributed by atoms with E-state index in [-0.39, 0.29) is 18.7 Å². The van der Waals surface area contributed by atoms with Crippen molar-refractivity contribution in [2.75, 3.05) is 11.9 Å². The van der Waals surface area contributed by atoms with Crippen molar-refractivity contribution in [3.63, 3.8) is 0 Å². The minimum atomic E-state index is -4.54. The van der Waals surface area contributed by atoms with E-state index >= 15 is 0 Å². The number of nitrogens with zero attached hydrogens (tertiary/aromatic N) is 2. The van der Waals surface area contributed by atoms with Crippen LogP contribution in [0.15, 0.2) is 49.7 Å². The Hall–Kier alpha value is -4.40. The van der Waals surface area contributed by atoms with Crippen LogP contribution in [0.4, 0.5) is 18.9 Å². The van der Waals surface area contributed by atoms with Crippen molar-refractivity contribution in [3.05, 3.63) is 72.1 Å². The van der Waals surface area contributed by atoms with E-state index in [1.807, 2.05) is 0 Å². The van der Waals surface area contributed by atoms with Gasteiger partial charge in [0.25, 0.3) is 7.28 Å². The van der Waals surface area contributed by atoms with Gasteiger partial charge in [-0.1, -0.05) is 31.4 Å². The second-order valence-corrected chi connectivity index (χ2v) is 7.58. The van der Waals surface area contributed by atoms with Crippen molar-refractivity contribution in [1.82, 2.24) is 10.3 Å². The van der Waals surface area contributed by atoms with Crippen LogP contribution in [0.2, 0.25) is 5.82 Å². The maximum atomic E-state index is 13.1. The highest BCUT2D eigenvalue weighted by molar-refractivity contribution is 6.57. The smallest absolute Gasteiger partial charge is 0.416 e. The molecule has 1 heterocycles. The summed E-state index contributed by atoms with van der Waals surface area (Å²) in [5.74, 6) is -2.73. The fourth-order valence-corrected chi connectivity index (χ4v) is 3.22. The van der Waals surface area contributed by atoms with Gasteiger partial charge >= 0.3 is 12.1 Å². The van der Waals surface area contributed by atoms with Crippen molar-refractivity contribution >= 4 is 42.9 Å². The summed E-state index contributed by atoms with van der Waals surface area (Å²) in [6.45, 7) is 8.78. The van der Waals surface area contributed by atoms with Gasteiger partial charge in [-0.05, 0) is 42.7 Å². The lowest BCUT2D eigenvalue weighted by Gasteiger charge is -2.21. The Bertz CT molecular complexity index is 1210. The monoisotopic (exact) mass is 511 g/mol. The molecule has 2 amide bonds. The molecule has 2 N–H and O–H groups in total. The molecule has 0 bridgehead atoms. The zero-order chi connectivity index (χ0) is 27.6. The second-order valence-electron chi connectivity index (χ2n) is 7.58. The number of esters is 1. The van der Waals surface area contributed by atoms with Crippen LogP contribution in [-0.2, 0) is 31.7 Å². The molecule has 2 unspecified atom stereocenters. The van der Waals surface area contributed by atoms with Crippen LogP contribution in [0, 0.1) is 11.2 Å². The third kappa shape index (κ3) is 8.07. The Morgan fingerprint density at radius 3 is 2.41 bits per heavy atom. The van der Waals surface area contributed by atoms with Gasteiger partial charge in [0.1, 0.15) is 11.9 Å². The fraction of sp³-hybridized carbons (Fsp3) is 0.240. The van der Waals surface area contributed by atoms with Crippen LogP contribution in [0.1, 0.15) is 29.3 Å². The molecule has 0 spiro atoms. The fourth-order valence-electron chi connectivity index (χ4n) is 3.22. The van der Waals surface area contributed by atoms with Crippen LogP contribution in [0.5, 0.6) is 0 Å². The number of ether oxygens (including phenoxy) is 1. The van der Waals surface area contributed by atoms with Crippen LogP contribution in [0.3, 0.4) is 0 Å². The summed E-state index contributed by atoms with van der Waals surface area (Å²) in [5, 5.41) is 14.0. The zero-order valence-corrected chi connectivity index (χ0v) is 19.8. The number of anilines is 1. The molecule has 2 atom stereocenters. The first-order chi connectivity index (χ1) is 17.5. The van der Waals surface area contributed by atoms with Gasteiger partial charge in [0.15, 0.2) is 0 Å². The van der Waals surface area contributed by atoms with E-state index in [0.717, 1.165) is 19.4 Å². The summed E-state index contributed by atoms with van der Waals surface area (Å²) in [5.41, 5.74) is 0.770. The van der Waals surface area contributed by atoms with Crippen molar-refractivity contribution in [2.24, 2.45) is 0 Å². The summed E-state index contributed by atoms with van der Waals surface area (Å²) in [4.78, 5) is 42.2. The summed E-state index contributed by atoms with van der Waals surface area (Å²) in [6.07, 6.45) is -0.411. The van der Waals surface area contributed by atoms with E-state index in [1.165, 1.54) is 37.4 Å². The van der Waals surface area contributed by atoms with Gasteiger partial charge < -0.3 is 15.4 Å². The molecule has 2 aromatic rings. The number of nitrogens with one attached hydrogen (secondary N) is 2. The van der Waals surface area contributed by atoms with Crippen LogP contribution < -0.4 is 10.6 Å². The van der Waals surface area contributed by atoms with Gasteiger partial charge in [0.05, 0.1) is 29.7 Å². The predicted molar refractivity (Wildman–Crippen MR) is 132 cm³/mol. The molecule has 1 radical (unpaired) electrons. The lowest BCUT2D eigenvalue weighted by Crippen LogP contribution is -2.48. The standard InChI is InChI=1S/C25H23BF3N4O4/c1-4-16-12-18(13-31-19(16)5-2)32-22(34)20(11-15-7-9-17(10-8-15)25(27,28)29)33-23(35)21(26-14-30)24(36)37-6-3/h4-5,7-10,12-13,20-21H,1-2,6,11H2,3H3,(H,32,34)(H,33,35). The predicted octanol–water partition coefficient (Wildman–Crippen LogP) is 3.59. The summed E-state index contributed by atoms with van der Waals surface area (Å²) in [7, 11) is 0.759. The quantitative estimate of drug-likeness (QED) is 0.270. The van der Waals surface area contributed by atoms with Crippen LogP contribution in [-0.4, -0.2) is 42.7 Å². The number of carbonyl (C=O) groups excluding carboxylic acids is 3. The number of alkyl halides is 3. The van der Waals surface area contributed by atoms with Crippen molar-refractivity contribution in [3.8, 4) is 5.97 Å². The Morgan fingerprint density at radius 1 is 1.19 bits per heavy atom. The summed E-state index contributed by atoms with van der Waals surface area (Å²) < 4.78 is 43.6. The highest BCUT2D eigenvalue weighted by Gasteiger charge is 2.33. The van der Waals surface area contributed by atoms with E-state index in [9.17, 15) is 27.6 Å². The first-order valence-electron chi connectivity index (χ1n) is 11.0. The maximum Gasteiger partial charge on any atom is 0.416 e. The number of aromatic nitrogens is 1. The highest BCUT2D eigenvalue weighted by Crippen LogP contribution is 2.29. The Balaban J connectivity index is 2.34. The number of rotatable bonds is 11. The van der Waals surface area contributed by atoms with Gasteiger partial charge in [0.2, 0.25) is 11.8 Å². The molecule has 12 heteroatoms.